The third-order valence-corrected chi connectivity index (χ3v) is 4.91. The van der Waals surface area contributed by atoms with E-state index in [0.717, 1.165) is 4.57 Å². The lowest BCUT2D eigenvalue weighted by atomic mass is 10.1. The van der Waals surface area contributed by atoms with E-state index in [9.17, 15) is 19.2 Å². The molecule has 1 atom stereocenters. The first-order valence-electron chi connectivity index (χ1n) is 8.75. The molecule has 11 nitrogen and oxygen atoms in total. The molecular formula is C18H18N6O5. The molecule has 0 aliphatic carbocycles. The third kappa shape index (κ3) is 2.87. The Morgan fingerprint density at radius 3 is 2.66 bits per heavy atom. The van der Waals surface area contributed by atoms with E-state index in [4.69, 9.17) is 10.5 Å². The number of amides is 2. The van der Waals surface area contributed by atoms with Crippen LogP contribution in [0.1, 0.15) is 0 Å². The molecule has 1 aromatic carbocycles. The maximum atomic E-state index is 13.1. The maximum Gasteiger partial charge on any atom is 0.332 e. The van der Waals surface area contributed by atoms with Gasteiger partial charge in [-0.15, -0.1) is 0 Å². The summed E-state index contributed by atoms with van der Waals surface area (Å²) in [6, 6.07) is 6.80. The molecule has 0 fully saturated rings. The molecule has 1 unspecified atom stereocenters. The highest BCUT2D eigenvalue weighted by atomic mass is 16.5. The van der Waals surface area contributed by atoms with Crippen LogP contribution in [0.5, 0.6) is 5.75 Å². The van der Waals surface area contributed by atoms with Crippen molar-refractivity contribution in [3.63, 3.8) is 0 Å². The number of benzene rings is 1. The number of ether oxygens (including phenoxy) is 1. The van der Waals surface area contributed by atoms with Crippen molar-refractivity contribution in [2.24, 2.45) is 19.8 Å². The Bertz CT molecular complexity index is 1270. The van der Waals surface area contributed by atoms with Crippen molar-refractivity contribution < 1.29 is 14.3 Å². The molecule has 150 valence electrons. The molecule has 29 heavy (non-hydrogen) atoms. The molecule has 3 heterocycles. The fourth-order valence-corrected chi connectivity index (χ4v) is 3.37. The number of anilines is 1. The normalized spacial score (nSPS) is 15.8. The van der Waals surface area contributed by atoms with Gasteiger partial charge < -0.3 is 19.9 Å². The zero-order chi connectivity index (χ0) is 20.9. The molecule has 0 spiro atoms. The Morgan fingerprint density at radius 2 is 1.93 bits per heavy atom. The number of aryl methyl sites for hydroxylation is 1. The van der Waals surface area contributed by atoms with Gasteiger partial charge in [-0.1, -0.05) is 12.1 Å². The van der Waals surface area contributed by atoms with Crippen molar-refractivity contribution in [3.05, 3.63) is 51.4 Å². The van der Waals surface area contributed by atoms with Crippen LogP contribution in [0.2, 0.25) is 0 Å². The standard InChI is InChI=1S/C18H18N6O5/c1-21-16-14(17(27)22(2)18(21)28)23(9-20-16)8-13(25)24-7-12(15(19)26)29-11-6-4-3-5-10(11)24/h3-6,9,12H,7-8H2,1-2H3,(H2,19,26). The van der Waals surface area contributed by atoms with Crippen molar-refractivity contribution in [1.82, 2.24) is 18.7 Å². The van der Waals surface area contributed by atoms with Gasteiger partial charge in [0, 0.05) is 14.1 Å². The number of aromatic nitrogens is 4. The maximum absolute atomic E-state index is 13.1. The number of hydrogen-bond acceptors (Lipinski definition) is 6. The lowest BCUT2D eigenvalue weighted by molar-refractivity contribution is -0.125. The average Bonchev–Trinajstić information content (AvgIpc) is 3.13. The second-order valence-electron chi connectivity index (χ2n) is 6.73. The minimum Gasteiger partial charge on any atom is -0.477 e. The predicted molar refractivity (Wildman–Crippen MR) is 103 cm³/mol. The van der Waals surface area contributed by atoms with E-state index in [1.165, 1.54) is 34.5 Å². The number of primary amides is 1. The molecular weight excluding hydrogens is 380 g/mol. The summed E-state index contributed by atoms with van der Waals surface area (Å²) >= 11 is 0. The Balaban J connectivity index is 1.74. The van der Waals surface area contributed by atoms with Crippen LogP contribution in [0.4, 0.5) is 5.69 Å². The lowest BCUT2D eigenvalue weighted by Gasteiger charge is -2.33. The fourth-order valence-electron chi connectivity index (χ4n) is 3.37. The summed E-state index contributed by atoms with van der Waals surface area (Å²) in [7, 11) is 2.86. The van der Waals surface area contributed by atoms with Gasteiger partial charge in [-0.25, -0.2) is 9.78 Å². The molecule has 2 aromatic heterocycles. The number of rotatable bonds is 3. The van der Waals surface area contributed by atoms with Crippen LogP contribution in [0.3, 0.4) is 0 Å². The molecule has 0 radical (unpaired) electrons. The Kier molecular flexibility index (Phi) is 4.22. The molecule has 0 saturated carbocycles. The molecule has 3 aromatic rings. The van der Waals surface area contributed by atoms with Crippen molar-refractivity contribution in [2.75, 3.05) is 11.4 Å². The van der Waals surface area contributed by atoms with Crippen molar-refractivity contribution >= 4 is 28.7 Å². The Hall–Kier alpha value is -3.89. The van der Waals surface area contributed by atoms with Gasteiger partial charge in [0.25, 0.3) is 11.5 Å². The van der Waals surface area contributed by atoms with Crippen molar-refractivity contribution in [1.29, 1.82) is 0 Å². The first-order chi connectivity index (χ1) is 13.8. The minimum atomic E-state index is -0.984. The van der Waals surface area contributed by atoms with Gasteiger partial charge in [-0.3, -0.25) is 23.5 Å². The number of imidazole rings is 1. The Morgan fingerprint density at radius 1 is 1.21 bits per heavy atom. The second-order valence-corrected chi connectivity index (χ2v) is 6.73. The SMILES string of the molecule is Cn1c(=O)c2c(ncn2CC(=O)N2CC(C(N)=O)Oc3ccccc32)n(C)c1=O. The number of para-hydroxylation sites is 2. The van der Waals surface area contributed by atoms with Gasteiger partial charge in [0.2, 0.25) is 5.91 Å². The average molecular weight is 398 g/mol. The molecule has 2 amide bonds. The van der Waals surface area contributed by atoms with E-state index in [2.05, 4.69) is 4.98 Å². The first kappa shape index (κ1) is 18.5. The molecule has 1 aliphatic heterocycles. The molecule has 1 aliphatic rings. The van der Waals surface area contributed by atoms with E-state index < -0.39 is 23.3 Å². The minimum absolute atomic E-state index is 0.0473. The van der Waals surface area contributed by atoms with Gasteiger partial charge >= 0.3 is 5.69 Å². The largest absolute Gasteiger partial charge is 0.477 e. The van der Waals surface area contributed by atoms with Crippen LogP contribution >= 0.6 is 0 Å². The number of fused-ring (bicyclic) bond motifs is 2. The van der Waals surface area contributed by atoms with Crippen LogP contribution in [-0.4, -0.2) is 43.1 Å². The van der Waals surface area contributed by atoms with E-state index in [1.54, 1.807) is 24.3 Å². The number of carbonyl (C=O) groups is 2. The van der Waals surface area contributed by atoms with Crippen LogP contribution in [0, 0.1) is 0 Å². The molecule has 0 bridgehead atoms. The van der Waals surface area contributed by atoms with E-state index in [-0.39, 0.29) is 30.2 Å². The summed E-state index contributed by atoms with van der Waals surface area (Å²) in [5, 5.41) is 0. The van der Waals surface area contributed by atoms with Gasteiger partial charge in [-0.05, 0) is 12.1 Å². The number of carbonyl (C=O) groups excluding carboxylic acids is 2. The van der Waals surface area contributed by atoms with Gasteiger partial charge in [0.1, 0.15) is 12.3 Å². The van der Waals surface area contributed by atoms with E-state index in [1.807, 2.05) is 0 Å². The Labute approximate surface area is 163 Å². The van der Waals surface area contributed by atoms with Crippen LogP contribution in [-0.2, 0) is 30.2 Å². The highest BCUT2D eigenvalue weighted by Gasteiger charge is 2.33. The quantitative estimate of drug-likeness (QED) is 0.584. The number of nitrogens with zero attached hydrogens (tertiary/aromatic N) is 5. The van der Waals surface area contributed by atoms with Crippen molar-refractivity contribution in [2.45, 2.75) is 12.6 Å². The summed E-state index contributed by atoms with van der Waals surface area (Å²) < 4.78 is 9.15. The third-order valence-electron chi connectivity index (χ3n) is 4.91. The van der Waals surface area contributed by atoms with Gasteiger partial charge in [-0.2, -0.15) is 0 Å². The summed E-state index contributed by atoms with van der Waals surface area (Å²) in [6.07, 6.45) is 0.350. The van der Waals surface area contributed by atoms with Crippen molar-refractivity contribution in [3.8, 4) is 5.75 Å². The smallest absolute Gasteiger partial charge is 0.332 e. The van der Waals surface area contributed by atoms with Gasteiger partial charge in [0.15, 0.2) is 17.3 Å². The second kappa shape index (κ2) is 6.62. The summed E-state index contributed by atoms with van der Waals surface area (Å²) in [4.78, 5) is 54.9. The van der Waals surface area contributed by atoms with Crippen LogP contribution in [0.15, 0.2) is 40.2 Å². The molecule has 2 N–H and O–H groups in total. The molecule has 0 saturated heterocycles. The van der Waals surface area contributed by atoms with E-state index in [0.29, 0.717) is 11.4 Å². The van der Waals surface area contributed by atoms with Crippen LogP contribution < -0.4 is 26.6 Å². The monoisotopic (exact) mass is 398 g/mol. The summed E-state index contributed by atoms with van der Waals surface area (Å²) in [5.41, 5.74) is 5.13. The van der Waals surface area contributed by atoms with Gasteiger partial charge in [0.05, 0.1) is 18.6 Å². The number of nitrogens with two attached hydrogens (primary N) is 1. The fraction of sp³-hybridized carbons (Fsp3) is 0.278. The van der Waals surface area contributed by atoms with Crippen LogP contribution in [0.25, 0.3) is 11.2 Å². The lowest BCUT2D eigenvalue weighted by Crippen LogP contribution is -2.50. The summed E-state index contributed by atoms with van der Waals surface area (Å²) in [5.74, 6) is -0.707. The molecule has 4 rings (SSSR count). The zero-order valence-corrected chi connectivity index (χ0v) is 15.7. The number of hydrogen-bond donors (Lipinski definition) is 1. The molecule has 11 heteroatoms. The predicted octanol–water partition coefficient (Wildman–Crippen LogP) is -1.29. The topological polar surface area (TPSA) is 134 Å². The van der Waals surface area contributed by atoms with E-state index >= 15 is 0 Å². The first-order valence-corrected chi connectivity index (χ1v) is 8.75. The highest BCUT2D eigenvalue weighted by molar-refractivity contribution is 5.97. The summed E-state index contributed by atoms with van der Waals surface area (Å²) in [6.45, 7) is -0.266. The zero-order valence-electron chi connectivity index (χ0n) is 15.7. The highest BCUT2D eigenvalue weighted by Crippen LogP contribution is 2.33.